The molecule has 0 unspecified atom stereocenters. The van der Waals surface area contributed by atoms with Gasteiger partial charge in [-0.05, 0) is 38.4 Å². The van der Waals surface area contributed by atoms with Crippen molar-refractivity contribution >= 4 is 23.4 Å². The number of hydrogen-bond donors (Lipinski definition) is 1. The number of Topliss-reactive ketones (excluding diaryl/α,β-unsaturated/α-hetero) is 1. The van der Waals surface area contributed by atoms with Crippen molar-refractivity contribution in [2.24, 2.45) is 0 Å². The summed E-state index contributed by atoms with van der Waals surface area (Å²) in [6.45, 7) is 5.68. The largest absolute Gasteiger partial charge is 0.444 e. The first-order valence-electron chi connectivity index (χ1n) is 5.75. The number of carbonyl (C=O) groups excluding carboxylic acids is 2. The van der Waals surface area contributed by atoms with E-state index in [0.717, 1.165) is 4.88 Å². The molecule has 0 fully saturated rings. The minimum Gasteiger partial charge on any atom is -0.444 e. The summed E-state index contributed by atoms with van der Waals surface area (Å²) in [5.74, 6) is 0.0790. The molecule has 6 heteroatoms. The van der Waals surface area contributed by atoms with Gasteiger partial charge in [0.1, 0.15) is 11.4 Å². The van der Waals surface area contributed by atoms with Crippen LogP contribution in [0, 0.1) is 0 Å². The fraction of sp³-hybridized carbons (Fsp3) is 0.583. The summed E-state index contributed by atoms with van der Waals surface area (Å²) in [5.41, 5.74) is -0.517. The molecule has 0 radical (unpaired) electrons. The van der Waals surface area contributed by atoms with Gasteiger partial charge in [0.05, 0.1) is 0 Å². The standard InChI is InChI=1S/C12H18N2O3S/c1-12(2,3)17-11(16)13-6-4-9(15)8-10-5-7-14-18-10/h5,7H,4,6,8H2,1-3H3,(H,13,16). The molecule has 1 aromatic heterocycles. The maximum absolute atomic E-state index is 11.6. The lowest BCUT2D eigenvalue weighted by Gasteiger charge is -2.19. The summed E-state index contributed by atoms with van der Waals surface area (Å²) < 4.78 is 8.98. The Hall–Kier alpha value is -1.43. The summed E-state index contributed by atoms with van der Waals surface area (Å²) in [6, 6.07) is 1.82. The molecule has 100 valence electrons. The molecule has 5 nitrogen and oxygen atoms in total. The molecule has 18 heavy (non-hydrogen) atoms. The quantitative estimate of drug-likeness (QED) is 0.890. The second-order valence-electron chi connectivity index (χ2n) is 4.87. The summed E-state index contributed by atoms with van der Waals surface area (Å²) in [6.07, 6.45) is 1.86. The average Bonchev–Trinajstić information content (AvgIpc) is 2.67. The molecule has 0 saturated heterocycles. The zero-order valence-corrected chi connectivity index (χ0v) is 11.7. The van der Waals surface area contributed by atoms with E-state index in [-0.39, 0.29) is 5.78 Å². The number of carbonyl (C=O) groups is 2. The molecule has 0 bridgehead atoms. The molecule has 0 aromatic carbocycles. The van der Waals surface area contributed by atoms with Gasteiger partial charge in [-0.3, -0.25) is 4.79 Å². The van der Waals surface area contributed by atoms with Crippen molar-refractivity contribution in [1.29, 1.82) is 0 Å². The lowest BCUT2D eigenvalue weighted by Crippen LogP contribution is -2.33. The lowest BCUT2D eigenvalue weighted by molar-refractivity contribution is -0.118. The number of rotatable bonds is 5. The normalized spacial score (nSPS) is 11.1. The van der Waals surface area contributed by atoms with E-state index in [1.165, 1.54) is 11.5 Å². The Kier molecular flexibility index (Phi) is 5.27. The predicted octanol–water partition coefficient (Wildman–Crippen LogP) is 2.17. The summed E-state index contributed by atoms with van der Waals surface area (Å²) >= 11 is 1.32. The van der Waals surface area contributed by atoms with Crippen molar-refractivity contribution < 1.29 is 14.3 Å². The lowest BCUT2D eigenvalue weighted by atomic mass is 10.2. The molecule has 1 amide bonds. The van der Waals surface area contributed by atoms with Gasteiger partial charge in [0.25, 0.3) is 0 Å². The van der Waals surface area contributed by atoms with Crippen LogP contribution in [0.4, 0.5) is 4.79 Å². The summed E-state index contributed by atoms with van der Waals surface area (Å²) in [5, 5.41) is 2.56. The van der Waals surface area contributed by atoms with E-state index in [9.17, 15) is 9.59 Å². The SMILES string of the molecule is CC(C)(C)OC(=O)NCCC(=O)Cc1ccns1. The van der Waals surface area contributed by atoms with Crippen LogP contribution < -0.4 is 5.32 Å². The maximum Gasteiger partial charge on any atom is 0.407 e. The van der Waals surface area contributed by atoms with Crippen molar-refractivity contribution in [3.05, 3.63) is 17.1 Å². The predicted molar refractivity (Wildman–Crippen MR) is 69.7 cm³/mol. The molecule has 0 spiro atoms. The third kappa shape index (κ3) is 6.34. The molecule has 0 saturated carbocycles. The van der Waals surface area contributed by atoms with Gasteiger partial charge in [-0.15, -0.1) is 0 Å². The summed E-state index contributed by atoms with van der Waals surface area (Å²) in [7, 11) is 0. The average molecular weight is 270 g/mol. The first-order chi connectivity index (χ1) is 8.37. The van der Waals surface area contributed by atoms with E-state index in [1.807, 2.05) is 6.07 Å². The molecular weight excluding hydrogens is 252 g/mol. The Bertz CT molecular complexity index is 396. The third-order valence-electron chi connectivity index (χ3n) is 1.93. The Morgan fingerprint density at radius 2 is 2.17 bits per heavy atom. The molecule has 0 aliphatic rings. The van der Waals surface area contributed by atoms with E-state index in [1.54, 1.807) is 27.0 Å². The zero-order chi connectivity index (χ0) is 13.6. The Balaban J connectivity index is 2.18. The number of alkyl carbamates (subject to hydrolysis) is 1. The van der Waals surface area contributed by atoms with Crippen LogP contribution in [0.15, 0.2) is 12.3 Å². The van der Waals surface area contributed by atoms with Crippen LogP contribution in [0.25, 0.3) is 0 Å². The molecular formula is C12H18N2O3S. The van der Waals surface area contributed by atoms with Crippen molar-refractivity contribution in [3.8, 4) is 0 Å². The van der Waals surface area contributed by atoms with E-state index < -0.39 is 11.7 Å². The van der Waals surface area contributed by atoms with Gasteiger partial charge in [0.2, 0.25) is 0 Å². The number of hydrogen-bond acceptors (Lipinski definition) is 5. The fourth-order valence-corrected chi connectivity index (χ4v) is 1.84. The van der Waals surface area contributed by atoms with Crippen LogP contribution in [0.3, 0.4) is 0 Å². The highest BCUT2D eigenvalue weighted by Gasteiger charge is 2.15. The number of ketones is 1. The van der Waals surface area contributed by atoms with Crippen molar-refractivity contribution in [2.75, 3.05) is 6.54 Å². The number of aromatic nitrogens is 1. The van der Waals surface area contributed by atoms with Crippen molar-refractivity contribution in [3.63, 3.8) is 0 Å². The second-order valence-corrected chi connectivity index (χ2v) is 5.79. The molecule has 1 heterocycles. The summed E-state index contributed by atoms with van der Waals surface area (Å²) in [4.78, 5) is 23.8. The van der Waals surface area contributed by atoms with Gasteiger partial charge in [-0.25, -0.2) is 9.17 Å². The number of nitrogens with zero attached hydrogens (tertiary/aromatic N) is 1. The highest BCUT2D eigenvalue weighted by molar-refractivity contribution is 7.05. The van der Waals surface area contributed by atoms with Gasteiger partial charge >= 0.3 is 6.09 Å². The van der Waals surface area contributed by atoms with Crippen LogP contribution in [0.1, 0.15) is 32.1 Å². The van der Waals surface area contributed by atoms with E-state index >= 15 is 0 Å². The van der Waals surface area contributed by atoms with Gasteiger partial charge < -0.3 is 10.1 Å². The number of nitrogens with one attached hydrogen (secondary N) is 1. The number of ether oxygens (including phenoxy) is 1. The third-order valence-corrected chi connectivity index (χ3v) is 2.68. The maximum atomic E-state index is 11.6. The van der Waals surface area contributed by atoms with Gasteiger partial charge in [-0.1, -0.05) is 0 Å². The van der Waals surface area contributed by atoms with Gasteiger partial charge in [-0.2, -0.15) is 0 Å². The van der Waals surface area contributed by atoms with Crippen molar-refractivity contribution in [1.82, 2.24) is 9.69 Å². The Morgan fingerprint density at radius 3 is 2.72 bits per heavy atom. The minimum atomic E-state index is -0.517. The van der Waals surface area contributed by atoms with E-state index in [4.69, 9.17) is 4.74 Å². The number of amides is 1. The van der Waals surface area contributed by atoms with Crippen molar-refractivity contribution in [2.45, 2.75) is 39.2 Å². The van der Waals surface area contributed by atoms with Gasteiger partial charge in [0.15, 0.2) is 0 Å². The van der Waals surface area contributed by atoms with E-state index in [0.29, 0.717) is 19.4 Å². The molecule has 0 atom stereocenters. The van der Waals surface area contributed by atoms with E-state index in [2.05, 4.69) is 9.69 Å². The van der Waals surface area contributed by atoms with Crippen LogP contribution in [0.5, 0.6) is 0 Å². The van der Waals surface area contributed by atoms with Crippen LogP contribution in [-0.2, 0) is 16.0 Å². The first kappa shape index (κ1) is 14.6. The first-order valence-corrected chi connectivity index (χ1v) is 6.52. The fourth-order valence-electron chi connectivity index (χ4n) is 1.23. The zero-order valence-electron chi connectivity index (χ0n) is 10.9. The molecule has 1 rings (SSSR count). The van der Waals surface area contributed by atoms with Crippen LogP contribution in [0.2, 0.25) is 0 Å². The topological polar surface area (TPSA) is 68.3 Å². The highest BCUT2D eigenvalue weighted by Crippen LogP contribution is 2.07. The monoisotopic (exact) mass is 270 g/mol. The Labute approximate surface area is 111 Å². The Morgan fingerprint density at radius 1 is 1.44 bits per heavy atom. The van der Waals surface area contributed by atoms with Gasteiger partial charge in [0, 0.05) is 30.5 Å². The molecule has 0 aliphatic heterocycles. The van der Waals surface area contributed by atoms with Crippen LogP contribution >= 0.6 is 11.5 Å². The second kappa shape index (κ2) is 6.49. The molecule has 1 aromatic rings. The highest BCUT2D eigenvalue weighted by atomic mass is 32.1. The smallest absolute Gasteiger partial charge is 0.407 e. The molecule has 1 N–H and O–H groups in total. The minimum absolute atomic E-state index is 0.0790. The van der Waals surface area contributed by atoms with Crippen LogP contribution in [-0.4, -0.2) is 28.4 Å². The molecule has 0 aliphatic carbocycles.